The lowest BCUT2D eigenvalue weighted by molar-refractivity contribution is -0.130. The van der Waals surface area contributed by atoms with Crippen LogP contribution >= 0.6 is 0 Å². The smallest absolute Gasteiger partial charge is 0.315 e. The SMILES string of the molecule is Cc1cccc(C(C)(C)CNC(=O)NC(C)C(=O)N(C)C)c1. The van der Waals surface area contributed by atoms with E-state index in [0.717, 1.165) is 0 Å². The predicted octanol–water partition coefficient (Wildman–Crippen LogP) is 2.05. The van der Waals surface area contributed by atoms with Crippen molar-refractivity contribution in [2.45, 2.75) is 39.2 Å². The lowest BCUT2D eigenvalue weighted by Gasteiger charge is -2.26. The second kappa shape index (κ2) is 7.29. The molecule has 0 saturated heterocycles. The number of nitrogens with zero attached hydrogens (tertiary/aromatic N) is 1. The number of hydrogen-bond donors (Lipinski definition) is 2. The zero-order chi connectivity index (χ0) is 16.9. The molecule has 122 valence electrons. The van der Waals surface area contributed by atoms with Gasteiger partial charge in [0.05, 0.1) is 0 Å². The first-order valence-corrected chi connectivity index (χ1v) is 7.46. The average Bonchev–Trinajstić information content (AvgIpc) is 2.44. The number of carbonyl (C=O) groups is 2. The van der Waals surface area contributed by atoms with Crippen molar-refractivity contribution in [3.05, 3.63) is 35.4 Å². The van der Waals surface area contributed by atoms with Crippen molar-refractivity contribution in [3.63, 3.8) is 0 Å². The van der Waals surface area contributed by atoms with Gasteiger partial charge < -0.3 is 15.5 Å². The first-order chi connectivity index (χ1) is 10.1. The number of urea groups is 1. The number of benzene rings is 1. The van der Waals surface area contributed by atoms with Gasteiger partial charge in [0.2, 0.25) is 5.91 Å². The summed E-state index contributed by atoms with van der Waals surface area (Å²) in [7, 11) is 3.33. The normalized spacial score (nSPS) is 12.5. The van der Waals surface area contributed by atoms with Crippen molar-refractivity contribution in [3.8, 4) is 0 Å². The van der Waals surface area contributed by atoms with E-state index in [2.05, 4.69) is 36.6 Å². The molecule has 0 bridgehead atoms. The molecule has 1 aromatic rings. The monoisotopic (exact) mass is 305 g/mol. The summed E-state index contributed by atoms with van der Waals surface area (Å²) in [6, 6.07) is 7.38. The number of amides is 3. The van der Waals surface area contributed by atoms with Crippen LogP contribution in [0.3, 0.4) is 0 Å². The summed E-state index contributed by atoms with van der Waals surface area (Å²) in [6.45, 7) is 8.37. The summed E-state index contributed by atoms with van der Waals surface area (Å²) in [5, 5.41) is 5.50. The Labute approximate surface area is 133 Å². The second-order valence-corrected chi connectivity index (χ2v) is 6.53. The molecular weight excluding hydrogens is 278 g/mol. The lowest BCUT2D eigenvalue weighted by atomic mass is 9.84. The maximum atomic E-state index is 11.9. The summed E-state index contributed by atoms with van der Waals surface area (Å²) in [5.74, 6) is -0.131. The van der Waals surface area contributed by atoms with Gasteiger partial charge in [0.25, 0.3) is 0 Å². The molecule has 0 fully saturated rings. The van der Waals surface area contributed by atoms with Crippen LogP contribution in [0.25, 0.3) is 0 Å². The number of rotatable bonds is 5. The minimum absolute atomic E-state index is 0.131. The molecule has 1 unspecified atom stereocenters. The topological polar surface area (TPSA) is 61.4 Å². The molecule has 5 heteroatoms. The van der Waals surface area contributed by atoms with E-state index in [9.17, 15) is 9.59 Å². The third kappa shape index (κ3) is 5.06. The fourth-order valence-corrected chi connectivity index (χ4v) is 2.17. The zero-order valence-corrected chi connectivity index (χ0v) is 14.4. The third-order valence-corrected chi connectivity index (χ3v) is 3.65. The molecule has 0 aliphatic rings. The first-order valence-electron chi connectivity index (χ1n) is 7.46. The average molecular weight is 305 g/mol. The minimum atomic E-state index is -0.544. The Kier molecular flexibility index (Phi) is 5.97. The van der Waals surface area contributed by atoms with E-state index >= 15 is 0 Å². The number of likely N-dealkylation sites (N-methyl/N-ethyl adjacent to an activating group) is 1. The summed E-state index contributed by atoms with van der Waals surface area (Å²) in [5.41, 5.74) is 2.18. The molecule has 5 nitrogen and oxygen atoms in total. The Bertz CT molecular complexity index is 538. The van der Waals surface area contributed by atoms with E-state index in [1.807, 2.05) is 19.1 Å². The molecule has 0 saturated carbocycles. The Morgan fingerprint density at radius 1 is 1.27 bits per heavy atom. The minimum Gasteiger partial charge on any atom is -0.347 e. The highest BCUT2D eigenvalue weighted by atomic mass is 16.2. The van der Waals surface area contributed by atoms with Gasteiger partial charge in [-0.25, -0.2) is 4.79 Å². The number of nitrogens with one attached hydrogen (secondary N) is 2. The van der Waals surface area contributed by atoms with Crippen molar-refractivity contribution in [2.24, 2.45) is 0 Å². The number of hydrogen-bond acceptors (Lipinski definition) is 2. The highest BCUT2D eigenvalue weighted by molar-refractivity contribution is 5.86. The Balaban J connectivity index is 2.58. The van der Waals surface area contributed by atoms with Gasteiger partial charge in [-0.3, -0.25) is 4.79 Å². The maximum absolute atomic E-state index is 11.9. The fraction of sp³-hybridized carbons (Fsp3) is 0.529. The van der Waals surface area contributed by atoms with Crippen LogP contribution in [-0.4, -0.2) is 43.5 Å². The van der Waals surface area contributed by atoms with Crippen LogP contribution in [0.15, 0.2) is 24.3 Å². The molecule has 0 radical (unpaired) electrons. The van der Waals surface area contributed by atoms with Gasteiger partial charge in [-0.2, -0.15) is 0 Å². The van der Waals surface area contributed by atoms with Crippen LogP contribution in [0.4, 0.5) is 4.79 Å². The summed E-state index contributed by atoms with van der Waals surface area (Å²) in [4.78, 5) is 25.1. The van der Waals surface area contributed by atoms with Gasteiger partial charge >= 0.3 is 6.03 Å². The largest absolute Gasteiger partial charge is 0.347 e. The molecule has 0 aliphatic heterocycles. The van der Waals surface area contributed by atoms with E-state index < -0.39 is 6.04 Å². The van der Waals surface area contributed by atoms with Crippen molar-refractivity contribution < 1.29 is 9.59 Å². The highest BCUT2D eigenvalue weighted by Crippen LogP contribution is 2.22. The molecule has 1 aromatic carbocycles. The van der Waals surface area contributed by atoms with Crippen molar-refractivity contribution in [1.29, 1.82) is 0 Å². The molecule has 1 rings (SSSR count). The van der Waals surface area contributed by atoms with Crippen LogP contribution in [0.2, 0.25) is 0 Å². The van der Waals surface area contributed by atoms with Gasteiger partial charge in [-0.15, -0.1) is 0 Å². The summed E-state index contributed by atoms with van der Waals surface area (Å²) < 4.78 is 0. The molecule has 3 amide bonds. The Morgan fingerprint density at radius 3 is 2.45 bits per heavy atom. The van der Waals surface area contributed by atoms with Gasteiger partial charge in [0.15, 0.2) is 0 Å². The maximum Gasteiger partial charge on any atom is 0.315 e. The number of carbonyl (C=O) groups excluding carboxylic acids is 2. The van der Waals surface area contributed by atoms with Crippen molar-refractivity contribution in [1.82, 2.24) is 15.5 Å². The van der Waals surface area contributed by atoms with Crippen LogP contribution < -0.4 is 10.6 Å². The van der Waals surface area contributed by atoms with Crippen molar-refractivity contribution in [2.75, 3.05) is 20.6 Å². The molecule has 22 heavy (non-hydrogen) atoms. The quantitative estimate of drug-likeness (QED) is 0.874. The molecule has 0 heterocycles. The van der Waals surface area contributed by atoms with Crippen molar-refractivity contribution >= 4 is 11.9 Å². The Hall–Kier alpha value is -2.04. The van der Waals surface area contributed by atoms with Gasteiger partial charge in [-0.05, 0) is 19.4 Å². The van der Waals surface area contributed by atoms with Crippen LogP contribution in [0, 0.1) is 6.92 Å². The molecule has 0 aromatic heterocycles. The van der Waals surface area contributed by atoms with E-state index in [1.54, 1.807) is 21.0 Å². The standard InChI is InChI=1S/C17H27N3O2/c1-12-8-7-9-14(10-12)17(3,4)11-18-16(22)19-13(2)15(21)20(5)6/h7-10,13H,11H2,1-6H3,(H2,18,19,22). The lowest BCUT2D eigenvalue weighted by Crippen LogP contribution is -2.50. The van der Waals surface area contributed by atoms with Gasteiger partial charge in [0.1, 0.15) is 6.04 Å². The number of aryl methyl sites for hydroxylation is 1. The molecule has 0 spiro atoms. The van der Waals surface area contributed by atoms with E-state index in [-0.39, 0.29) is 17.4 Å². The van der Waals surface area contributed by atoms with E-state index in [4.69, 9.17) is 0 Å². The molecule has 0 aliphatic carbocycles. The third-order valence-electron chi connectivity index (χ3n) is 3.65. The van der Waals surface area contributed by atoms with Crippen LogP contribution in [0.1, 0.15) is 31.9 Å². The van der Waals surface area contributed by atoms with E-state index in [0.29, 0.717) is 6.54 Å². The van der Waals surface area contributed by atoms with Crippen LogP contribution in [-0.2, 0) is 10.2 Å². The Morgan fingerprint density at radius 2 is 1.91 bits per heavy atom. The predicted molar refractivity (Wildman–Crippen MR) is 88.9 cm³/mol. The van der Waals surface area contributed by atoms with Gasteiger partial charge in [0, 0.05) is 26.1 Å². The molecule has 2 N–H and O–H groups in total. The molecule has 1 atom stereocenters. The summed E-state index contributed by atoms with van der Waals surface area (Å²) >= 11 is 0. The molecular formula is C17H27N3O2. The van der Waals surface area contributed by atoms with Crippen LogP contribution in [0.5, 0.6) is 0 Å². The first kappa shape index (κ1) is 18.0. The highest BCUT2D eigenvalue weighted by Gasteiger charge is 2.23. The summed E-state index contributed by atoms with van der Waals surface area (Å²) in [6.07, 6.45) is 0. The zero-order valence-electron chi connectivity index (χ0n) is 14.4. The van der Waals surface area contributed by atoms with E-state index in [1.165, 1.54) is 16.0 Å². The second-order valence-electron chi connectivity index (χ2n) is 6.53. The van der Waals surface area contributed by atoms with Gasteiger partial charge in [-0.1, -0.05) is 43.7 Å². The fourth-order valence-electron chi connectivity index (χ4n) is 2.17.